The van der Waals surface area contributed by atoms with Gasteiger partial charge in [0.2, 0.25) is 0 Å². The first-order chi connectivity index (χ1) is 14.9. The number of para-hydroxylation sites is 1. The average Bonchev–Trinajstić information content (AvgIpc) is 3.07. The molecule has 1 aromatic heterocycles. The molecule has 31 heavy (non-hydrogen) atoms. The van der Waals surface area contributed by atoms with Crippen molar-refractivity contribution in [2.45, 2.75) is 12.8 Å². The minimum Gasteiger partial charge on any atom is -0.399 e. The summed E-state index contributed by atoms with van der Waals surface area (Å²) in [5.74, 6) is -0.969. The third-order valence-electron chi connectivity index (χ3n) is 6.21. The van der Waals surface area contributed by atoms with Crippen LogP contribution in [0, 0.1) is 52.2 Å². The van der Waals surface area contributed by atoms with E-state index in [-0.39, 0.29) is 17.2 Å². The van der Waals surface area contributed by atoms with Gasteiger partial charge >= 0.3 is 0 Å². The summed E-state index contributed by atoms with van der Waals surface area (Å²) in [6.45, 7) is 3.03. The van der Waals surface area contributed by atoms with E-state index < -0.39 is 11.3 Å². The molecular formula is C23H20ClN7. The molecule has 2 atom stereocenters. The van der Waals surface area contributed by atoms with E-state index >= 15 is 0 Å². The Bertz CT molecular complexity index is 1220. The number of aryl methyl sites for hydroxylation is 1. The Kier molecular flexibility index (Phi) is 5.07. The monoisotopic (exact) mass is 429 g/mol. The number of benzene rings is 1. The summed E-state index contributed by atoms with van der Waals surface area (Å²) in [7, 11) is 1.96. The molecule has 1 aliphatic heterocycles. The van der Waals surface area contributed by atoms with E-state index in [1.54, 1.807) is 4.68 Å². The van der Waals surface area contributed by atoms with Gasteiger partial charge in [-0.25, -0.2) is 4.68 Å². The molecule has 8 heteroatoms. The molecule has 0 saturated heterocycles. The summed E-state index contributed by atoms with van der Waals surface area (Å²) >= 11 is 6.85. The largest absolute Gasteiger partial charge is 0.399 e. The number of nitrogens with zero attached hydrogens (tertiary/aromatic N) is 6. The molecule has 0 amide bonds. The Morgan fingerprint density at radius 1 is 1.19 bits per heavy atom. The highest BCUT2D eigenvalue weighted by molar-refractivity contribution is 6.30. The molecule has 7 nitrogen and oxygen atoms in total. The van der Waals surface area contributed by atoms with Gasteiger partial charge in [-0.05, 0) is 31.7 Å². The maximum absolute atomic E-state index is 10.2. The van der Waals surface area contributed by atoms with E-state index in [2.05, 4.69) is 28.2 Å². The molecule has 1 aromatic carbocycles. The fourth-order valence-corrected chi connectivity index (χ4v) is 5.13. The van der Waals surface area contributed by atoms with Crippen molar-refractivity contribution in [3.8, 4) is 23.9 Å². The summed E-state index contributed by atoms with van der Waals surface area (Å²) in [4.78, 5) is 2.09. The quantitative estimate of drug-likeness (QED) is 0.782. The lowest BCUT2D eigenvalue weighted by atomic mass is 9.58. The van der Waals surface area contributed by atoms with E-state index in [9.17, 15) is 15.8 Å². The van der Waals surface area contributed by atoms with Crippen LogP contribution in [0.4, 0.5) is 0 Å². The fourth-order valence-electron chi connectivity index (χ4n) is 4.74. The van der Waals surface area contributed by atoms with Crippen molar-refractivity contribution in [3.05, 3.63) is 69.7 Å². The summed E-state index contributed by atoms with van der Waals surface area (Å²) in [5, 5.41) is 35.2. The number of aromatic nitrogens is 2. The van der Waals surface area contributed by atoms with Gasteiger partial charge in [-0.3, -0.25) is 0 Å². The standard InChI is InChI=1S/C23H20ClN7/c1-14-19(22(24)31(29-14)15-6-4-3-5-7-15)20-18-11-30(2)9-8-16(18)17(10-25)21(28)23(20,12-26)13-27/h3-8,18,20H,9,11,28H2,1-2H3. The van der Waals surface area contributed by atoms with E-state index in [0.717, 1.165) is 11.3 Å². The number of hydrogen-bond donors (Lipinski definition) is 1. The lowest BCUT2D eigenvalue weighted by Gasteiger charge is -2.44. The van der Waals surface area contributed by atoms with Crippen molar-refractivity contribution in [1.29, 1.82) is 15.8 Å². The number of rotatable bonds is 2. The molecule has 0 fully saturated rings. The van der Waals surface area contributed by atoms with Gasteiger partial charge in [-0.1, -0.05) is 35.9 Å². The maximum atomic E-state index is 10.2. The summed E-state index contributed by atoms with van der Waals surface area (Å²) < 4.78 is 1.61. The minimum atomic E-state index is -1.73. The predicted octanol–water partition coefficient (Wildman–Crippen LogP) is 3.19. The number of nitriles is 3. The van der Waals surface area contributed by atoms with Crippen LogP contribution in [0.3, 0.4) is 0 Å². The zero-order valence-electron chi connectivity index (χ0n) is 17.2. The third-order valence-corrected chi connectivity index (χ3v) is 6.57. The molecule has 4 rings (SSSR count). The van der Waals surface area contributed by atoms with Gasteiger partial charge in [0.15, 0.2) is 5.41 Å². The zero-order valence-corrected chi connectivity index (χ0v) is 17.9. The molecule has 2 N–H and O–H groups in total. The van der Waals surface area contributed by atoms with Crippen LogP contribution >= 0.6 is 11.6 Å². The van der Waals surface area contributed by atoms with Crippen molar-refractivity contribution < 1.29 is 0 Å². The molecule has 2 unspecified atom stereocenters. The lowest BCUT2D eigenvalue weighted by molar-refractivity contribution is 0.237. The predicted molar refractivity (Wildman–Crippen MR) is 116 cm³/mol. The molecule has 0 spiro atoms. The lowest BCUT2D eigenvalue weighted by Crippen LogP contribution is -2.47. The Morgan fingerprint density at radius 3 is 2.48 bits per heavy atom. The molecule has 0 saturated carbocycles. The Balaban J connectivity index is 2.03. The van der Waals surface area contributed by atoms with Gasteiger partial charge < -0.3 is 10.6 Å². The Labute approximate surface area is 185 Å². The van der Waals surface area contributed by atoms with Gasteiger partial charge in [-0.2, -0.15) is 20.9 Å². The number of hydrogen-bond acceptors (Lipinski definition) is 6. The molecule has 0 bridgehead atoms. The second-order valence-electron chi connectivity index (χ2n) is 7.93. The van der Waals surface area contributed by atoms with Crippen molar-refractivity contribution >= 4 is 11.6 Å². The van der Waals surface area contributed by atoms with Crippen LogP contribution in [0.2, 0.25) is 5.15 Å². The summed E-state index contributed by atoms with van der Waals surface area (Å²) in [6.07, 6.45) is 1.95. The molecular weight excluding hydrogens is 410 g/mol. The number of likely N-dealkylation sites (N-methyl/N-ethyl adjacent to an activating group) is 1. The van der Waals surface area contributed by atoms with Crippen molar-refractivity contribution in [2.24, 2.45) is 17.1 Å². The van der Waals surface area contributed by atoms with Crippen LogP contribution in [-0.4, -0.2) is 34.8 Å². The van der Waals surface area contributed by atoms with Gasteiger partial charge in [0.25, 0.3) is 0 Å². The number of halogens is 1. The summed E-state index contributed by atoms with van der Waals surface area (Å²) in [5.41, 5.74) is 7.62. The van der Waals surface area contributed by atoms with Crippen molar-refractivity contribution in [1.82, 2.24) is 14.7 Å². The highest BCUT2D eigenvalue weighted by atomic mass is 35.5. The summed E-state index contributed by atoms with van der Waals surface area (Å²) in [6, 6.07) is 15.9. The Morgan fingerprint density at radius 2 is 1.87 bits per heavy atom. The maximum Gasteiger partial charge on any atom is 0.191 e. The number of nitrogens with two attached hydrogens (primary N) is 1. The third kappa shape index (κ3) is 2.93. The van der Waals surface area contributed by atoms with Crippen molar-refractivity contribution in [3.63, 3.8) is 0 Å². The van der Waals surface area contributed by atoms with Crippen LogP contribution < -0.4 is 5.73 Å². The number of fused-ring (bicyclic) bond motifs is 1. The van der Waals surface area contributed by atoms with E-state index in [1.165, 1.54) is 0 Å². The second kappa shape index (κ2) is 7.60. The van der Waals surface area contributed by atoms with Crippen LogP contribution in [0.25, 0.3) is 5.69 Å². The molecule has 0 radical (unpaired) electrons. The smallest absolute Gasteiger partial charge is 0.191 e. The van der Waals surface area contributed by atoms with Crippen molar-refractivity contribution in [2.75, 3.05) is 20.1 Å². The van der Waals surface area contributed by atoms with Gasteiger partial charge in [0.1, 0.15) is 11.2 Å². The molecule has 2 heterocycles. The van der Waals surface area contributed by atoms with Gasteiger partial charge in [0, 0.05) is 30.5 Å². The van der Waals surface area contributed by atoms with Crippen LogP contribution in [-0.2, 0) is 0 Å². The first kappa shape index (κ1) is 20.7. The zero-order chi connectivity index (χ0) is 22.3. The molecule has 2 aromatic rings. The van der Waals surface area contributed by atoms with Crippen LogP contribution in [0.1, 0.15) is 17.2 Å². The highest BCUT2D eigenvalue weighted by Gasteiger charge is 2.55. The molecule has 2 aliphatic rings. The minimum absolute atomic E-state index is 0.0139. The normalized spacial score (nSPS) is 22.6. The number of allylic oxidation sites excluding steroid dienone is 2. The first-order valence-electron chi connectivity index (χ1n) is 9.81. The van der Waals surface area contributed by atoms with Gasteiger partial charge in [0.05, 0.1) is 34.8 Å². The van der Waals surface area contributed by atoms with E-state index in [4.69, 9.17) is 17.3 Å². The first-order valence-corrected chi connectivity index (χ1v) is 10.2. The molecule has 1 aliphatic carbocycles. The Hall–Kier alpha value is -3.57. The molecule has 154 valence electrons. The second-order valence-corrected chi connectivity index (χ2v) is 8.29. The highest BCUT2D eigenvalue weighted by Crippen LogP contribution is 2.55. The topological polar surface area (TPSA) is 118 Å². The van der Waals surface area contributed by atoms with Gasteiger partial charge in [-0.15, -0.1) is 0 Å². The van der Waals surface area contributed by atoms with Crippen LogP contribution in [0.5, 0.6) is 0 Å². The SMILES string of the molecule is Cc1nn(-c2ccccc2)c(Cl)c1C1C2CN(C)CC=C2C(C#N)=C(N)C1(C#N)C#N. The fraction of sp³-hybridized carbons (Fsp3) is 0.304. The van der Waals surface area contributed by atoms with E-state index in [1.807, 2.05) is 50.4 Å². The van der Waals surface area contributed by atoms with Crippen LogP contribution in [0.15, 0.2) is 53.3 Å². The average molecular weight is 430 g/mol. The van der Waals surface area contributed by atoms with E-state index in [0.29, 0.717) is 29.5 Å².